The summed E-state index contributed by atoms with van der Waals surface area (Å²) < 4.78 is 11.6. The van der Waals surface area contributed by atoms with Crippen molar-refractivity contribution in [1.82, 2.24) is 10.6 Å². The summed E-state index contributed by atoms with van der Waals surface area (Å²) in [6.45, 7) is -0.124. The standard InChI is InChI=1S/C36H42N2O6/c1-43-25-32-34(28-17-9-4-10-18-28)44-36(42)30(21-26-13-5-2-6-14-26)20-12-11-19-29(35(41)38-32)23-33(40)37-31(24-39)22-27-15-7-3-8-16-27/h2-18,29-32,34,39H,19-25H2,1H3,(H,37,40)(H,38,41)/t29-,30-,31-,32+,34+/m1/s1. The summed E-state index contributed by atoms with van der Waals surface area (Å²) in [5, 5.41) is 15.8. The van der Waals surface area contributed by atoms with Gasteiger partial charge in [-0.25, -0.2) is 0 Å². The van der Waals surface area contributed by atoms with Crippen LogP contribution in [-0.4, -0.2) is 55.3 Å². The molecular weight excluding hydrogens is 556 g/mol. The number of rotatable bonds is 11. The number of carbonyl (C=O) groups excluding carboxylic acids is 3. The van der Waals surface area contributed by atoms with Gasteiger partial charge in [-0.15, -0.1) is 0 Å². The molecule has 44 heavy (non-hydrogen) atoms. The van der Waals surface area contributed by atoms with E-state index in [2.05, 4.69) is 10.6 Å². The van der Waals surface area contributed by atoms with Crippen LogP contribution in [0, 0.1) is 11.8 Å². The zero-order chi connectivity index (χ0) is 31.1. The summed E-state index contributed by atoms with van der Waals surface area (Å²) in [5.41, 5.74) is 2.75. The zero-order valence-corrected chi connectivity index (χ0v) is 25.1. The second-order valence-electron chi connectivity index (χ2n) is 11.2. The molecule has 0 saturated heterocycles. The van der Waals surface area contributed by atoms with Crippen LogP contribution in [0.5, 0.6) is 0 Å². The largest absolute Gasteiger partial charge is 0.455 e. The van der Waals surface area contributed by atoms with E-state index in [9.17, 15) is 19.5 Å². The Labute approximate surface area is 259 Å². The average Bonchev–Trinajstić information content (AvgIpc) is 3.04. The topological polar surface area (TPSA) is 114 Å². The summed E-state index contributed by atoms with van der Waals surface area (Å²) in [6.07, 6.45) is 4.60. The Morgan fingerprint density at radius 1 is 0.909 bits per heavy atom. The van der Waals surface area contributed by atoms with Crippen molar-refractivity contribution in [1.29, 1.82) is 0 Å². The number of hydrogen-bond donors (Lipinski definition) is 3. The number of esters is 1. The number of methoxy groups -OCH3 is 1. The van der Waals surface area contributed by atoms with Gasteiger partial charge in [0.25, 0.3) is 0 Å². The molecule has 1 aliphatic rings. The van der Waals surface area contributed by atoms with E-state index >= 15 is 0 Å². The highest BCUT2D eigenvalue weighted by Gasteiger charge is 2.34. The predicted octanol–water partition coefficient (Wildman–Crippen LogP) is 4.34. The van der Waals surface area contributed by atoms with Gasteiger partial charge in [0.1, 0.15) is 6.10 Å². The highest BCUT2D eigenvalue weighted by Crippen LogP contribution is 2.27. The third-order valence-corrected chi connectivity index (χ3v) is 7.79. The number of allylic oxidation sites excluding steroid dienone is 2. The maximum absolute atomic E-state index is 13.7. The van der Waals surface area contributed by atoms with E-state index in [0.717, 1.165) is 16.7 Å². The first-order valence-corrected chi connectivity index (χ1v) is 15.1. The van der Waals surface area contributed by atoms with Crippen LogP contribution < -0.4 is 10.6 Å². The molecule has 3 N–H and O–H groups in total. The molecule has 1 aliphatic heterocycles. The fraction of sp³-hybridized carbons (Fsp3) is 0.361. The summed E-state index contributed by atoms with van der Waals surface area (Å²) in [7, 11) is 1.53. The Hall–Kier alpha value is -4.27. The predicted molar refractivity (Wildman–Crippen MR) is 168 cm³/mol. The van der Waals surface area contributed by atoms with Crippen LogP contribution in [0.25, 0.3) is 0 Å². The van der Waals surface area contributed by atoms with Crippen molar-refractivity contribution in [2.45, 2.75) is 50.3 Å². The zero-order valence-electron chi connectivity index (χ0n) is 25.1. The Kier molecular flexibility index (Phi) is 12.7. The number of hydrogen-bond acceptors (Lipinski definition) is 6. The minimum absolute atomic E-state index is 0.0651. The molecule has 0 bridgehead atoms. The smallest absolute Gasteiger partial charge is 0.310 e. The number of nitrogens with one attached hydrogen (secondary N) is 2. The highest BCUT2D eigenvalue weighted by molar-refractivity contribution is 5.86. The van der Waals surface area contributed by atoms with Crippen molar-refractivity contribution in [2.75, 3.05) is 20.3 Å². The van der Waals surface area contributed by atoms with Gasteiger partial charge in [0.2, 0.25) is 11.8 Å². The molecular formula is C36H42N2O6. The second-order valence-corrected chi connectivity index (χ2v) is 11.2. The molecule has 4 rings (SSSR count). The van der Waals surface area contributed by atoms with Crippen LogP contribution >= 0.6 is 0 Å². The molecule has 8 nitrogen and oxygen atoms in total. The van der Waals surface area contributed by atoms with Crippen molar-refractivity contribution >= 4 is 17.8 Å². The number of carbonyl (C=O) groups is 3. The highest BCUT2D eigenvalue weighted by atomic mass is 16.5. The van der Waals surface area contributed by atoms with E-state index in [-0.39, 0.29) is 37.4 Å². The molecule has 0 spiro atoms. The Balaban J connectivity index is 1.57. The molecule has 5 atom stereocenters. The van der Waals surface area contributed by atoms with Crippen molar-refractivity contribution in [3.05, 3.63) is 120 Å². The van der Waals surface area contributed by atoms with Crippen LogP contribution in [0.3, 0.4) is 0 Å². The molecule has 0 fully saturated rings. The first kappa shape index (κ1) is 32.6. The SMILES string of the molecule is COC[C@@H]1NC(=O)[C@@H](CC(=O)N[C@@H](CO)Cc2ccccc2)CC=CC[C@H](Cc2ccccc2)C(=O)O[C@H]1c1ccccc1. The number of benzene rings is 3. The summed E-state index contributed by atoms with van der Waals surface area (Å²) >= 11 is 0. The molecule has 3 aromatic carbocycles. The third-order valence-electron chi connectivity index (χ3n) is 7.79. The summed E-state index contributed by atoms with van der Waals surface area (Å²) in [5.74, 6) is -2.14. The van der Waals surface area contributed by atoms with Gasteiger partial charge in [-0.2, -0.15) is 0 Å². The fourth-order valence-electron chi connectivity index (χ4n) is 5.47. The molecule has 0 unspecified atom stereocenters. The van der Waals surface area contributed by atoms with E-state index in [1.807, 2.05) is 103 Å². The number of ether oxygens (including phenoxy) is 2. The number of cyclic esters (lactones) is 1. The molecule has 8 heteroatoms. The van der Waals surface area contributed by atoms with Crippen molar-refractivity contribution in [2.24, 2.45) is 11.8 Å². The minimum atomic E-state index is -0.798. The average molecular weight is 599 g/mol. The van der Waals surface area contributed by atoms with Gasteiger partial charge in [0.15, 0.2) is 0 Å². The van der Waals surface area contributed by atoms with Crippen LogP contribution in [0.2, 0.25) is 0 Å². The van der Waals surface area contributed by atoms with Crippen molar-refractivity contribution in [3.63, 3.8) is 0 Å². The Bertz CT molecular complexity index is 1350. The maximum Gasteiger partial charge on any atom is 0.310 e. The summed E-state index contributed by atoms with van der Waals surface area (Å²) in [4.78, 5) is 40.5. The Morgan fingerprint density at radius 2 is 1.50 bits per heavy atom. The summed E-state index contributed by atoms with van der Waals surface area (Å²) in [6, 6.07) is 27.6. The van der Waals surface area contributed by atoms with E-state index < -0.39 is 30.0 Å². The normalized spacial score (nSPS) is 21.7. The van der Waals surface area contributed by atoms with E-state index in [1.165, 1.54) is 7.11 Å². The molecule has 0 saturated carbocycles. The van der Waals surface area contributed by atoms with Crippen LogP contribution in [-0.2, 0) is 36.7 Å². The van der Waals surface area contributed by atoms with Gasteiger partial charge >= 0.3 is 5.97 Å². The molecule has 0 aliphatic carbocycles. The van der Waals surface area contributed by atoms with Gasteiger partial charge in [0, 0.05) is 13.5 Å². The van der Waals surface area contributed by atoms with E-state index in [1.54, 1.807) is 0 Å². The molecule has 1 heterocycles. The molecule has 232 valence electrons. The first-order chi connectivity index (χ1) is 21.5. The lowest BCUT2D eigenvalue weighted by Crippen LogP contribution is -2.48. The van der Waals surface area contributed by atoms with Gasteiger partial charge in [-0.1, -0.05) is 103 Å². The molecule has 3 aromatic rings. The van der Waals surface area contributed by atoms with Crippen LogP contribution in [0.1, 0.15) is 42.1 Å². The fourth-order valence-corrected chi connectivity index (χ4v) is 5.47. The van der Waals surface area contributed by atoms with Gasteiger partial charge in [-0.3, -0.25) is 14.4 Å². The van der Waals surface area contributed by atoms with Gasteiger partial charge in [0.05, 0.1) is 37.1 Å². The quantitative estimate of drug-likeness (QED) is 0.224. The monoisotopic (exact) mass is 598 g/mol. The lowest BCUT2D eigenvalue weighted by atomic mass is 9.93. The van der Waals surface area contributed by atoms with E-state index in [4.69, 9.17) is 9.47 Å². The van der Waals surface area contributed by atoms with Crippen LogP contribution in [0.4, 0.5) is 0 Å². The number of amides is 2. The van der Waals surface area contributed by atoms with E-state index in [0.29, 0.717) is 25.7 Å². The second kappa shape index (κ2) is 17.1. The number of aliphatic hydroxyl groups excluding tert-OH is 1. The van der Waals surface area contributed by atoms with Gasteiger partial charge < -0.3 is 25.2 Å². The van der Waals surface area contributed by atoms with Crippen molar-refractivity contribution < 1.29 is 29.0 Å². The Morgan fingerprint density at radius 3 is 2.11 bits per heavy atom. The van der Waals surface area contributed by atoms with Crippen LogP contribution in [0.15, 0.2) is 103 Å². The molecule has 0 radical (unpaired) electrons. The van der Waals surface area contributed by atoms with Gasteiger partial charge in [-0.05, 0) is 42.4 Å². The first-order valence-electron chi connectivity index (χ1n) is 15.1. The van der Waals surface area contributed by atoms with Crippen molar-refractivity contribution in [3.8, 4) is 0 Å². The number of aliphatic hydroxyl groups is 1. The lowest BCUT2D eigenvalue weighted by molar-refractivity contribution is -0.158. The minimum Gasteiger partial charge on any atom is -0.455 e. The maximum atomic E-state index is 13.7. The third kappa shape index (κ3) is 9.89. The lowest BCUT2D eigenvalue weighted by Gasteiger charge is -2.31. The molecule has 2 amide bonds. The molecule has 0 aromatic heterocycles.